The highest BCUT2D eigenvalue weighted by Gasteiger charge is 2.43. The normalized spacial score (nSPS) is 14.1. The standard InChI is InChI=1S/C21H15Cl2F3N2O3/c22-11-2-1-10(15(23)7-11)9-28-16-6-5-13(29)8-14(16)17(19(28)21(24,25)26)18(30)20(31)27-12-3-4-12/h1-2,5-8,12,29H,3-4,9H2,(H,27,31). The molecule has 4 rings (SSSR count). The molecule has 0 radical (unpaired) electrons. The van der Waals surface area contributed by atoms with Crippen LogP contribution in [-0.4, -0.2) is 27.4 Å². The van der Waals surface area contributed by atoms with E-state index in [9.17, 15) is 27.9 Å². The van der Waals surface area contributed by atoms with Crippen molar-refractivity contribution in [2.24, 2.45) is 0 Å². The predicted octanol–water partition coefficient (Wildman–Crippen LogP) is 5.18. The van der Waals surface area contributed by atoms with Gasteiger partial charge in [-0.15, -0.1) is 0 Å². The number of fused-ring (bicyclic) bond motifs is 1. The lowest BCUT2D eigenvalue weighted by atomic mass is 10.0. The first-order chi connectivity index (χ1) is 14.6. The molecule has 0 saturated heterocycles. The molecule has 2 aromatic carbocycles. The molecule has 1 fully saturated rings. The van der Waals surface area contributed by atoms with Crippen molar-refractivity contribution in [1.82, 2.24) is 9.88 Å². The van der Waals surface area contributed by atoms with Crippen molar-refractivity contribution in [3.05, 3.63) is 63.3 Å². The van der Waals surface area contributed by atoms with E-state index < -0.39 is 29.1 Å². The molecule has 0 spiro atoms. The fourth-order valence-corrected chi connectivity index (χ4v) is 3.91. The Morgan fingerprint density at radius 2 is 1.84 bits per heavy atom. The molecule has 162 valence electrons. The van der Waals surface area contributed by atoms with Gasteiger partial charge in [-0.25, -0.2) is 0 Å². The predicted molar refractivity (Wildman–Crippen MR) is 110 cm³/mol. The summed E-state index contributed by atoms with van der Waals surface area (Å²) in [5.41, 5.74) is -1.72. The summed E-state index contributed by atoms with van der Waals surface area (Å²) in [5, 5.41) is 12.6. The summed E-state index contributed by atoms with van der Waals surface area (Å²) in [4.78, 5) is 25.2. The number of nitrogens with zero attached hydrogens (tertiary/aromatic N) is 1. The Kier molecular flexibility index (Phi) is 5.39. The quantitative estimate of drug-likeness (QED) is 0.398. The SMILES string of the molecule is O=C(NC1CC1)C(=O)c1c(C(F)(F)F)n(Cc2ccc(Cl)cc2Cl)c2ccc(O)cc12. The van der Waals surface area contributed by atoms with Crippen LogP contribution in [0.2, 0.25) is 10.0 Å². The van der Waals surface area contributed by atoms with E-state index in [4.69, 9.17) is 23.2 Å². The zero-order valence-corrected chi connectivity index (χ0v) is 17.3. The largest absolute Gasteiger partial charge is 0.508 e. The number of amides is 1. The minimum atomic E-state index is -4.96. The van der Waals surface area contributed by atoms with Crippen LogP contribution < -0.4 is 5.32 Å². The monoisotopic (exact) mass is 470 g/mol. The number of nitrogens with one attached hydrogen (secondary N) is 1. The second-order valence-corrected chi connectivity index (χ2v) is 8.17. The highest BCUT2D eigenvalue weighted by Crippen LogP contribution is 2.40. The molecule has 1 aromatic heterocycles. The van der Waals surface area contributed by atoms with Gasteiger partial charge in [-0.05, 0) is 48.7 Å². The molecule has 5 nitrogen and oxygen atoms in total. The molecular formula is C21H15Cl2F3N2O3. The van der Waals surface area contributed by atoms with E-state index in [2.05, 4.69) is 5.32 Å². The van der Waals surface area contributed by atoms with Crippen molar-refractivity contribution in [3.8, 4) is 5.75 Å². The highest BCUT2D eigenvalue weighted by molar-refractivity contribution is 6.45. The Hall–Kier alpha value is -2.71. The van der Waals surface area contributed by atoms with Gasteiger partial charge in [0, 0.05) is 33.5 Å². The second kappa shape index (κ2) is 7.76. The van der Waals surface area contributed by atoms with E-state index >= 15 is 0 Å². The molecule has 1 saturated carbocycles. The van der Waals surface area contributed by atoms with Gasteiger partial charge in [0.15, 0.2) is 0 Å². The van der Waals surface area contributed by atoms with Crippen molar-refractivity contribution in [2.75, 3.05) is 0 Å². The number of aromatic hydroxyl groups is 1. The summed E-state index contributed by atoms with van der Waals surface area (Å²) in [5.74, 6) is -2.75. The molecule has 3 aromatic rings. The number of halogens is 5. The number of carbonyl (C=O) groups excluding carboxylic acids is 2. The molecule has 2 N–H and O–H groups in total. The Labute approximate surface area is 184 Å². The van der Waals surface area contributed by atoms with Crippen molar-refractivity contribution in [3.63, 3.8) is 0 Å². The zero-order valence-electron chi connectivity index (χ0n) is 15.8. The van der Waals surface area contributed by atoms with Gasteiger partial charge in [-0.1, -0.05) is 29.3 Å². The Balaban J connectivity index is 1.94. The van der Waals surface area contributed by atoms with Crippen LogP contribution >= 0.6 is 23.2 Å². The van der Waals surface area contributed by atoms with E-state index in [1.165, 1.54) is 30.3 Å². The third kappa shape index (κ3) is 4.22. The molecule has 31 heavy (non-hydrogen) atoms. The number of benzene rings is 2. The molecule has 0 unspecified atom stereocenters. The van der Waals surface area contributed by atoms with Gasteiger partial charge in [0.2, 0.25) is 0 Å². The smallest absolute Gasteiger partial charge is 0.432 e. The molecule has 1 aliphatic carbocycles. The fourth-order valence-electron chi connectivity index (χ4n) is 3.44. The number of phenols is 1. The van der Waals surface area contributed by atoms with Crippen molar-refractivity contribution >= 4 is 45.8 Å². The number of rotatable bonds is 5. The van der Waals surface area contributed by atoms with Crippen LogP contribution in [0.3, 0.4) is 0 Å². The topological polar surface area (TPSA) is 71.3 Å². The summed E-state index contributed by atoms with van der Waals surface area (Å²) < 4.78 is 43.5. The molecule has 0 bridgehead atoms. The zero-order chi connectivity index (χ0) is 22.5. The van der Waals surface area contributed by atoms with Crippen LogP contribution in [0, 0.1) is 0 Å². The van der Waals surface area contributed by atoms with E-state index in [1.54, 1.807) is 0 Å². The molecule has 1 amide bonds. The second-order valence-electron chi connectivity index (χ2n) is 7.32. The van der Waals surface area contributed by atoms with Gasteiger partial charge in [-0.3, -0.25) is 9.59 Å². The van der Waals surface area contributed by atoms with Crippen LogP contribution in [0.15, 0.2) is 36.4 Å². The molecule has 10 heteroatoms. The summed E-state index contributed by atoms with van der Waals surface area (Å²) in [6.45, 7) is -0.330. The minimum absolute atomic E-state index is 0.0266. The van der Waals surface area contributed by atoms with Crippen molar-refractivity contribution in [2.45, 2.75) is 31.6 Å². The Bertz CT molecular complexity index is 1220. The number of hydrogen-bond donors (Lipinski definition) is 2. The first-order valence-corrected chi connectivity index (χ1v) is 10.0. The molecule has 1 aliphatic rings. The number of carbonyl (C=O) groups is 2. The van der Waals surface area contributed by atoms with Crippen LogP contribution in [0.4, 0.5) is 13.2 Å². The maximum Gasteiger partial charge on any atom is 0.432 e. The van der Waals surface area contributed by atoms with Crippen LogP contribution in [0.5, 0.6) is 5.75 Å². The maximum atomic E-state index is 14.2. The number of phenolic OH excluding ortho intramolecular Hbond substituents is 1. The Morgan fingerprint density at radius 3 is 2.45 bits per heavy atom. The van der Waals surface area contributed by atoms with Gasteiger partial charge in [-0.2, -0.15) is 13.2 Å². The van der Waals surface area contributed by atoms with Crippen molar-refractivity contribution < 1.29 is 27.9 Å². The van der Waals surface area contributed by atoms with Crippen LogP contribution in [0.25, 0.3) is 10.9 Å². The Morgan fingerprint density at radius 1 is 1.13 bits per heavy atom. The number of Topliss-reactive ketones (excluding diaryl/α,β-unsaturated/α-hetero) is 1. The summed E-state index contributed by atoms with van der Waals surface area (Å²) in [7, 11) is 0. The maximum absolute atomic E-state index is 14.2. The number of alkyl halides is 3. The van der Waals surface area contributed by atoms with E-state index in [1.807, 2.05) is 0 Å². The average molecular weight is 471 g/mol. The molecular weight excluding hydrogens is 456 g/mol. The number of aromatic nitrogens is 1. The molecule has 0 atom stereocenters. The third-order valence-corrected chi connectivity index (χ3v) is 5.59. The first-order valence-electron chi connectivity index (χ1n) is 9.28. The van der Waals surface area contributed by atoms with Gasteiger partial charge in [0.25, 0.3) is 11.7 Å². The number of hydrogen-bond acceptors (Lipinski definition) is 3. The van der Waals surface area contributed by atoms with Gasteiger partial charge in [0.05, 0.1) is 5.56 Å². The molecule has 1 heterocycles. The summed E-state index contributed by atoms with van der Waals surface area (Å²) in [6.07, 6.45) is -3.62. The van der Waals surface area contributed by atoms with Crippen molar-refractivity contribution in [1.29, 1.82) is 0 Å². The summed E-state index contributed by atoms with van der Waals surface area (Å²) in [6, 6.07) is 7.68. The summed E-state index contributed by atoms with van der Waals surface area (Å²) >= 11 is 12.0. The van der Waals surface area contributed by atoms with Crippen LogP contribution in [-0.2, 0) is 17.5 Å². The van der Waals surface area contributed by atoms with Gasteiger partial charge >= 0.3 is 6.18 Å². The van der Waals surface area contributed by atoms with E-state index in [0.717, 1.165) is 10.6 Å². The lowest BCUT2D eigenvalue weighted by Gasteiger charge is -2.15. The van der Waals surface area contributed by atoms with E-state index in [0.29, 0.717) is 23.4 Å². The minimum Gasteiger partial charge on any atom is -0.508 e. The highest BCUT2D eigenvalue weighted by atomic mass is 35.5. The van der Waals surface area contributed by atoms with E-state index in [-0.39, 0.29) is 34.3 Å². The first kappa shape index (κ1) is 21.5. The average Bonchev–Trinajstić information content (AvgIpc) is 3.43. The fraction of sp³-hybridized carbons (Fsp3) is 0.238. The van der Waals surface area contributed by atoms with Crippen LogP contribution in [0.1, 0.15) is 34.5 Å². The molecule has 0 aliphatic heterocycles. The van der Waals surface area contributed by atoms with Gasteiger partial charge < -0.3 is 15.0 Å². The number of ketones is 1. The third-order valence-electron chi connectivity index (χ3n) is 5.00. The van der Waals surface area contributed by atoms with Gasteiger partial charge in [0.1, 0.15) is 11.4 Å². The lowest BCUT2D eigenvalue weighted by Crippen LogP contribution is -2.34. The lowest BCUT2D eigenvalue weighted by molar-refractivity contribution is -0.143.